The Morgan fingerprint density at radius 1 is 1.33 bits per heavy atom. The Hall–Kier alpha value is -2.91. The number of hydrogen-bond donors (Lipinski definition) is 1. The number of likely N-dealkylation sites (N-methyl/N-ethyl adjacent to an activating group) is 1. The van der Waals surface area contributed by atoms with Gasteiger partial charge in [-0.1, -0.05) is 24.3 Å². The molecule has 1 atom stereocenters. The first kappa shape index (κ1) is 18.9. The SMILES string of the molecule is CN(C(=O)Nc1cccc(C#N)c1)C1CCCN(Cc2ccccc2F)C1. The standard InChI is InChI=1S/C21H23FN4O/c1-25(21(27)24-18-8-4-6-16(12-18)13-23)19-9-5-11-26(15-19)14-17-7-2-3-10-20(17)22/h2-4,6-8,10,12,19H,5,9,11,14-15H2,1H3,(H,24,27). The topological polar surface area (TPSA) is 59.4 Å². The molecule has 2 aromatic carbocycles. The summed E-state index contributed by atoms with van der Waals surface area (Å²) in [6.45, 7) is 2.14. The molecule has 5 nitrogen and oxygen atoms in total. The van der Waals surface area contributed by atoms with Crippen molar-refractivity contribution in [2.24, 2.45) is 0 Å². The maximum Gasteiger partial charge on any atom is 0.321 e. The van der Waals surface area contributed by atoms with E-state index < -0.39 is 0 Å². The van der Waals surface area contributed by atoms with Crippen LogP contribution in [0, 0.1) is 17.1 Å². The van der Waals surface area contributed by atoms with Gasteiger partial charge in [0.25, 0.3) is 0 Å². The highest BCUT2D eigenvalue weighted by Crippen LogP contribution is 2.19. The Bertz CT molecular complexity index is 848. The molecule has 0 bridgehead atoms. The first-order valence-corrected chi connectivity index (χ1v) is 9.06. The predicted octanol–water partition coefficient (Wildman–Crippen LogP) is 3.83. The van der Waals surface area contributed by atoms with Crippen LogP contribution in [-0.4, -0.2) is 42.0 Å². The average molecular weight is 366 g/mol. The summed E-state index contributed by atoms with van der Waals surface area (Å²) in [6.07, 6.45) is 1.87. The molecule has 2 aromatic rings. The molecule has 1 saturated heterocycles. The van der Waals surface area contributed by atoms with E-state index in [1.165, 1.54) is 6.07 Å². The van der Waals surface area contributed by atoms with E-state index in [1.807, 2.05) is 6.07 Å². The van der Waals surface area contributed by atoms with Gasteiger partial charge in [0.15, 0.2) is 0 Å². The van der Waals surface area contributed by atoms with Crippen molar-refractivity contribution in [3.63, 3.8) is 0 Å². The van der Waals surface area contributed by atoms with Crippen LogP contribution in [0.5, 0.6) is 0 Å². The molecule has 0 radical (unpaired) electrons. The van der Waals surface area contributed by atoms with Gasteiger partial charge < -0.3 is 10.2 Å². The fraction of sp³-hybridized carbons (Fsp3) is 0.333. The quantitative estimate of drug-likeness (QED) is 0.895. The molecular weight excluding hydrogens is 343 g/mol. The number of nitrogens with zero attached hydrogens (tertiary/aromatic N) is 3. The lowest BCUT2D eigenvalue weighted by atomic mass is 10.0. The van der Waals surface area contributed by atoms with Gasteiger partial charge in [-0.3, -0.25) is 4.90 Å². The number of nitriles is 1. The van der Waals surface area contributed by atoms with Gasteiger partial charge in [0.05, 0.1) is 11.6 Å². The number of urea groups is 1. The number of amides is 2. The van der Waals surface area contributed by atoms with Crippen molar-refractivity contribution in [2.75, 3.05) is 25.5 Å². The normalized spacial score (nSPS) is 17.1. The molecule has 27 heavy (non-hydrogen) atoms. The van der Waals surface area contributed by atoms with Crippen molar-refractivity contribution in [2.45, 2.75) is 25.4 Å². The highest BCUT2D eigenvalue weighted by molar-refractivity contribution is 5.89. The number of halogens is 1. The van der Waals surface area contributed by atoms with Crippen LogP contribution in [0.3, 0.4) is 0 Å². The number of anilines is 1. The number of piperidine rings is 1. The van der Waals surface area contributed by atoms with Crippen molar-refractivity contribution >= 4 is 11.7 Å². The molecule has 1 N–H and O–H groups in total. The largest absolute Gasteiger partial charge is 0.323 e. The van der Waals surface area contributed by atoms with Crippen molar-refractivity contribution < 1.29 is 9.18 Å². The lowest BCUT2D eigenvalue weighted by molar-refractivity contribution is 0.126. The van der Waals surface area contributed by atoms with Gasteiger partial charge in [-0.25, -0.2) is 9.18 Å². The number of nitrogens with one attached hydrogen (secondary N) is 1. The van der Waals surface area contributed by atoms with Crippen LogP contribution in [0.4, 0.5) is 14.9 Å². The number of hydrogen-bond acceptors (Lipinski definition) is 3. The molecule has 6 heteroatoms. The van der Waals surface area contributed by atoms with E-state index in [-0.39, 0.29) is 17.9 Å². The lowest BCUT2D eigenvalue weighted by Crippen LogP contribution is -2.49. The van der Waals surface area contributed by atoms with E-state index in [2.05, 4.69) is 16.3 Å². The monoisotopic (exact) mass is 366 g/mol. The smallest absolute Gasteiger partial charge is 0.321 e. The molecule has 1 aliphatic rings. The van der Waals surface area contributed by atoms with E-state index in [4.69, 9.17) is 5.26 Å². The third-order valence-corrected chi connectivity index (χ3v) is 4.94. The Balaban J connectivity index is 1.60. The molecular formula is C21H23FN4O. The second-order valence-electron chi connectivity index (χ2n) is 6.86. The second kappa shape index (κ2) is 8.65. The molecule has 1 fully saturated rings. The zero-order valence-electron chi connectivity index (χ0n) is 15.4. The van der Waals surface area contributed by atoms with Crippen molar-refractivity contribution in [1.29, 1.82) is 5.26 Å². The summed E-state index contributed by atoms with van der Waals surface area (Å²) in [5.41, 5.74) is 1.78. The Morgan fingerprint density at radius 2 is 2.15 bits per heavy atom. The van der Waals surface area contributed by atoms with Crippen LogP contribution in [0.15, 0.2) is 48.5 Å². The summed E-state index contributed by atoms with van der Waals surface area (Å²) >= 11 is 0. The van der Waals surface area contributed by atoms with E-state index in [0.717, 1.165) is 19.4 Å². The molecule has 1 unspecified atom stereocenters. The molecule has 0 saturated carbocycles. The van der Waals surface area contributed by atoms with E-state index in [1.54, 1.807) is 48.3 Å². The zero-order valence-corrected chi connectivity index (χ0v) is 15.4. The first-order valence-electron chi connectivity index (χ1n) is 9.06. The molecule has 0 aliphatic carbocycles. The van der Waals surface area contributed by atoms with Gasteiger partial charge in [0, 0.05) is 37.4 Å². The van der Waals surface area contributed by atoms with Gasteiger partial charge >= 0.3 is 6.03 Å². The fourth-order valence-corrected chi connectivity index (χ4v) is 3.40. The zero-order chi connectivity index (χ0) is 19.2. The van der Waals surface area contributed by atoms with Crippen LogP contribution < -0.4 is 5.32 Å². The molecule has 0 aromatic heterocycles. The van der Waals surface area contributed by atoms with Crippen LogP contribution in [0.1, 0.15) is 24.0 Å². The van der Waals surface area contributed by atoms with Gasteiger partial charge in [0.2, 0.25) is 0 Å². The Labute approximate surface area is 159 Å². The number of rotatable bonds is 4. The third-order valence-electron chi connectivity index (χ3n) is 4.94. The summed E-state index contributed by atoms with van der Waals surface area (Å²) in [6, 6.07) is 15.6. The van der Waals surface area contributed by atoms with Gasteiger partial charge in [0.1, 0.15) is 5.82 Å². The van der Waals surface area contributed by atoms with Gasteiger partial charge in [-0.15, -0.1) is 0 Å². The number of likely N-dealkylation sites (tertiary alicyclic amines) is 1. The molecule has 1 heterocycles. The van der Waals surface area contributed by atoms with Crippen molar-refractivity contribution in [1.82, 2.24) is 9.80 Å². The molecule has 3 rings (SSSR count). The molecule has 140 valence electrons. The van der Waals surface area contributed by atoms with Crippen LogP contribution >= 0.6 is 0 Å². The van der Waals surface area contributed by atoms with E-state index in [9.17, 15) is 9.18 Å². The number of carbonyl (C=O) groups is 1. The fourth-order valence-electron chi connectivity index (χ4n) is 3.40. The maximum absolute atomic E-state index is 13.9. The second-order valence-corrected chi connectivity index (χ2v) is 6.86. The highest BCUT2D eigenvalue weighted by Gasteiger charge is 2.26. The summed E-state index contributed by atoms with van der Waals surface area (Å²) in [7, 11) is 1.78. The molecule has 1 aliphatic heterocycles. The van der Waals surface area contributed by atoms with E-state index in [0.29, 0.717) is 29.9 Å². The summed E-state index contributed by atoms with van der Waals surface area (Å²) < 4.78 is 13.9. The third kappa shape index (κ3) is 4.83. The number of carbonyl (C=O) groups excluding carboxylic acids is 1. The van der Waals surface area contributed by atoms with E-state index >= 15 is 0 Å². The average Bonchev–Trinajstić information content (AvgIpc) is 2.69. The summed E-state index contributed by atoms with van der Waals surface area (Å²) in [4.78, 5) is 16.5. The van der Waals surface area contributed by atoms with Crippen LogP contribution in [-0.2, 0) is 6.54 Å². The number of benzene rings is 2. The minimum Gasteiger partial charge on any atom is -0.323 e. The summed E-state index contributed by atoms with van der Waals surface area (Å²) in [5.74, 6) is -0.192. The molecule has 0 spiro atoms. The van der Waals surface area contributed by atoms with Crippen LogP contribution in [0.25, 0.3) is 0 Å². The van der Waals surface area contributed by atoms with Gasteiger partial charge in [-0.2, -0.15) is 5.26 Å². The predicted molar refractivity (Wildman–Crippen MR) is 103 cm³/mol. The minimum absolute atomic E-state index is 0.0599. The van der Waals surface area contributed by atoms with Gasteiger partial charge in [-0.05, 0) is 43.7 Å². The van der Waals surface area contributed by atoms with Crippen LogP contribution in [0.2, 0.25) is 0 Å². The summed E-state index contributed by atoms with van der Waals surface area (Å²) in [5, 5.41) is 11.8. The molecule has 2 amide bonds. The lowest BCUT2D eigenvalue weighted by Gasteiger charge is -2.37. The van der Waals surface area contributed by atoms with Crippen molar-refractivity contribution in [3.8, 4) is 6.07 Å². The first-order chi connectivity index (χ1) is 13.1. The van der Waals surface area contributed by atoms with Crippen molar-refractivity contribution in [3.05, 3.63) is 65.5 Å². The Kier molecular flexibility index (Phi) is 6.05. The highest BCUT2D eigenvalue weighted by atomic mass is 19.1. The maximum atomic E-state index is 13.9. The minimum atomic E-state index is -0.206. The Morgan fingerprint density at radius 3 is 2.93 bits per heavy atom.